The van der Waals surface area contributed by atoms with Crippen molar-refractivity contribution < 1.29 is 9.53 Å². The fourth-order valence-corrected chi connectivity index (χ4v) is 2.23. The van der Waals surface area contributed by atoms with E-state index >= 15 is 0 Å². The smallest absolute Gasteiger partial charge is 0.317 e. The largest absolute Gasteiger partial charge is 0.380 e. The third-order valence-corrected chi connectivity index (χ3v) is 3.68. The van der Waals surface area contributed by atoms with Crippen molar-refractivity contribution in [1.29, 1.82) is 0 Å². The molecule has 118 valence electrons. The molecule has 0 aromatic heterocycles. The van der Waals surface area contributed by atoms with Gasteiger partial charge in [-0.25, -0.2) is 4.79 Å². The van der Waals surface area contributed by atoms with Crippen molar-refractivity contribution in [2.75, 3.05) is 53.0 Å². The highest BCUT2D eigenvalue weighted by Gasteiger charge is 2.14. The van der Waals surface area contributed by atoms with Crippen LogP contribution in [0.4, 0.5) is 4.79 Å². The van der Waals surface area contributed by atoms with Crippen molar-refractivity contribution in [3.8, 4) is 0 Å². The molecular formula is C15H31N3O2. The summed E-state index contributed by atoms with van der Waals surface area (Å²) in [6, 6.07) is 0.0923. The van der Waals surface area contributed by atoms with Crippen molar-refractivity contribution in [2.24, 2.45) is 0 Å². The first-order valence-electron chi connectivity index (χ1n) is 8.03. The van der Waals surface area contributed by atoms with E-state index < -0.39 is 0 Å². The summed E-state index contributed by atoms with van der Waals surface area (Å²) in [5.41, 5.74) is 0. The molecule has 0 aromatic carbocycles. The molecule has 0 bridgehead atoms. The van der Waals surface area contributed by atoms with Gasteiger partial charge in [0.05, 0.1) is 6.61 Å². The summed E-state index contributed by atoms with van der Waals surface area (Å²) in [5, 5.41) is 3.04. The monoisotopic (exact) mass is 285 g/mol. The second-order valence-corrected chi connectivity index (χ2v) is 5.55. The van der Waals surface area contributed by atoms with Crippen LogP contribution in [0.3, 0.4) is 0 Å². The zero-order valence-electron chi connectivity index (χ0n) is 13.2. The van der Waals surface area contributed by atoms with Gasteiger partial charge in [0.2, 0.25) is 0 Å². The average Bonchev–Trinajstić information content (AvgIpc) is 2.49. The van der Waals surface area contributed by atoms with Crippen LogP contribution >= 0.6 is 0 Å². The first kappa shape index (κ1) is 17.2. The number of amides is 2. The van der Waals surface area contributed by atoms with Crippen LogP contribution in [0.2, 0.25) is 0 Å². The lowest BCUT2D eigenvalue weighted by atomic mass is 10.2. The first-order chi connectivity index (χ1) is 9.74. The Labute approximate surface area is 123 Å². The number of urea groups is 1. The van der Waals surface area contributed by atoms with E-state index in [2.05, 4.69) is 24.2 Å². The summed E-state index contributed by atoms with van der Waals surface area (Å²) < 4.78 is 5.56. The highest BCUT2D eigenvalue weighted by Crippen LogP contribution is 2.01. The van der Waals surface area contributed by atoms with E-state index in [0.717, 1.165) is 65.2 Å². The lowest BCUT2D eigenvalue weighted by Gasteiger charge is -2.25. The van der Waals surface area contributed by atoms with Crippen molar-refractivity contribution in [3.05, 3.63) is 0 Å². The van der Waals surface area contributed by atoms with E-state index in [1.54, 1.807) is 0 Å². The van der Waals surface area contributed by atoms with Gasteiger partial charge in [-0.1, -0.05) is 19.8 Å². The van der Waals surface area contributed by atoms with Gasteiger partial charge in [-0.05, 0) is 26.3 Å². The summed E-state index contributed by atoms with van der Waals surface area (Å²) in [6.45, 7) is 8.04. The quantitative estimate of drug-likeness (QED) is 0.803. The molecule has 0 radical (unpaired) electrons. The molecule has 20 heavy (non-hydrogen) atoms. The van der Waals surface area contributed by atoms with Crippen LogP contribution in [0.5, 0.6) is 0 Å². The molecule has 0 atom stereocenters. The first-order valence-corrected chi connectivity index (χ1v) is 8.03. The fourth-order valence-electron chi connectivity index (χ4n) is 2.23. The second kappa shape index (κ2) is 10.9. The van der Waals surface area contributed by atoms with Gasteiger partial charge < -0.3 is 19.9 Å². The van der Waals surface area contributed by atoms with Crippen molar-refractivity contribution >= 4 is 6.03 Å². The minimum atomic E-state index is 0.0923. The van der Waals surface area contributed by atoms with E-state index in [4.69, 9.17) is 4.74 Å². The van der Waals surface area contributed by atoms with Crippen LogP contribution in [0.1, 0.15) is 39.0 Å². The van der Waals surface area contributed by atoms with Crippen molar-refractivity contribution in [2.45, 2.75) is 39.0 Å². The molecule has 0 saturated carbocycles. The van der Waals surface area contributed by atoms with E-state index in [9.17, 15) is 4.79 Å². The fraction of sp³-hybridized carbons (Fsp3) is 0.933. The molecule has 0 spiro atoms. The Morgan fingerprint density at radius 3 is 2.75 bits per heavy atom. The molecule has 0 aliphatic carbocycles. The molecule has 2 amide bonds. The molecule has 0 aromatic rings. The summed E-state index contributed by atoms with van der Waals surface area (Å²) in [6.07, 6.45) is 5.49. The number of nitrogens with zero attached hydrogens (tertiary/aromatic N) is 2. The molecule has 0 unspecified atom stereocenters. The summed E-state index contributed by atoms with van der Waals surface area (Å²) in [5.74, 6) is 0. The minimum absolute atomic E-state index is 0.0923. The Morgan fingerprint density at radius 1 is 1.10 bits per heavy atom. The Kier molecular flexibility index (Phi) is 9.41. The highest BCUT2D eigenvalue weighted by molar-refractivity contribution is 5.74. The predicted molar refractivity (Wildman–Crippen MR) is 82.0 cm³/mol. The topological polar surface area (TPSA) is 44.8 Å². The maximum atomic E-state index is 12.2. The van der Waals surface area contributed by atoms with Crippen LogP contribution in [-0.2, 0) is 4.74 Å². The summed E-state index contributed by atoms with van der Waals surface area (Å²) in [4.78, 5) is 16.4. The zero-order valence-corrected chi connectivity index (χ0v) is 13.2. The second-order valence-electron chi connectivity index (χ2n) is 5.55. The number of carbonyl (C=O) groups excluding carboxylic acids is 1. The molecular weight excluding hydrogens is 254 g/mol. The Morgan fingerprint density at radius 2 is 1.95 bits per heavy atom. The lowest BCUT2D eigenvalue weighted by molar-refractivity contribution is 0.111. The van der Waals surface area contributed by atoms with Crippen LogP contribution < -0.4 is 5.32 Å². The van der Waals surface area contributed by atoms with Gasteiger partial charge in [-0.3, -0.25) is 0 Å². The molecule has 1 rings (SSSR count). The van der Waals surface area contributed by atoms with Gasteiger partial charge in [-0.15, -0.1) is 0 Å². The number of likely N-dealkylation sites (N-methyl/N-ethyl adjacent to an activating group) is 1. The van der Waals surface area contributed by atoms with Crippen LogP contribution in [0.15, 0.2) is 0 Å². The standard InChI is InChI=1S/C15H31N3O2/c1-3-4-5-8-16-15(19)18-9-6-7-13-20-14-12-17(2)10-11-18/h3-14H2,1-2H3,(H,16,19). The number of rotatable bonds is 4. The highest BCUT2D eigenvalue weighted by atomic mass is 16.5. The Bertz CT molecular complexity index is 262. The van der Waals surface area contributed by atoms with Gasteiger partial charge in [0.15, 0.2) is 0 Å². The van der Waals surface area contributed by atoms with E-state index in [-0.39, 0.29) is 6.03 Å². The van der Waals surface area contributed by atoms with Crippen molar-refractivity contribution in [3.63, 3.8) is 0 Å². The minimum Gasteiger partial charge on any atom is -0.380 e. The van der Waals surface area contributed by atoms with Crippen molar-refractivity contribution in [1.82, 2.24) is 15.1 Å². The number of hydrogen-bond donors (Lipinski definition) is 1. The molecule has 1 aliphatic rings. The number of carbonyl (C=O) groups is 1. The molecule has 5 heteroatoms. The van der Waals surface area contributed by atoms with Crippen LogP contribution in [0, 0.1) is 0 Å². The molecule has 5 nitrogen and oxygen atoms in total. The lowest BCUT2D eigenvalue weighted by Crippen LogP contribution is -2.44. The number of unbranched alkanes of at least 4 members (excludes halogenated alkanes) is 2. The number of hydrogen-bond acceptors (Lipinski definition) is 3. The van der Waals surface area contributed by atoms with Gasteiger partial charge >= 0.3 is 6.03 Å². The van der Waals surface area contributed by atoms with Gasteiger partial charge in [0.1, 0.15) is 0 Å². The van der Waals surface area contributed by atoms with Gasteiger partial charge in [0, 0.05) is 39.3 Å². The molecule has 1 saturated heterocycles. The summed E-state index contributed by atoms with van der Waals surface area (Å²) >= 11 is 0. The van der Waals surface area contributed by atoms with E-state index in [0.29, 0.717) is 0 Å². The maximum absolute atomic E-state index is 12.2. The van der Waals surface area contributed by atoms with E-state index in [1.165, 1.54) is 12.8 Å². The molecule has 1 fully saturated rings. The molecule has 1 N–H and O–H groups in total. The normalized spacial score (nSPS) is 19.4. The zero-order chi connectivity index (χ0) is 14.6. The average molecular weight is 285 g/mol. The SMILES string of the molecule is CCCCCNC(=O)N1CCCCOCCN(C)CC1. The number of ether oxygens (including phenoxy) is 1. The van der Waals surface area contributed by atoms with E-state index in [1.807, 2.05) is 4.90 Å². The summed E-state index contributed by atoms with van der Waals surface area (Å²) in [7, 11) is 2.08. The molecule has 1 aliphatic heterocycles. The molecule has 1 heterocycles. The van der Waals surface area contributed by atoms with Gasteiger partial charge in [0.25, 0.3) is 0 Å². The van der Waals surface area contributed by atoms with Crippen LogP contribution in [-0.4, -0.2) is 68.8 Å². The maximum Gasteiger partial charge on any atom is 0.317 e. The number of nitrogens with one attached hydrogen (secondary N) is 1. The Balaban J connectivity index is 2.35. The third-order valence-electron chi connectivity index (χ3n) is 3.68. The third kappa shape index (κ3) is 7.70. The van der Waals surface area contributed by atoms with Crippen LogP contribution in [0.25, 0.3) is 0 Å². The van der Waals surface area contributed by atoms with Gasteiger partial charge in [-0.2, -0.15) is 0 Å². The predicted octanol–water partition coefficient (Wildman–Crippen LogP) is 1.93. The Hall–Kier alpha value is -0.810.